The van der Waals surface area contributed by atoms with E-state index in [0.717, 1.165) is 12.3 Å². The Morgan fingerprint density at radius 1 is 1.53 bits per heavy atom. The molecule has 9 nitrogen and oxygen atoms in total. The number of nitro groups is 1. The minimum absolute atomic E-state index is 0.0953. The summed E-state index contributed by atoms with van der Waals surface area (Å²) in [7, 11) is 0. The molecule has 1 aromatic carbocycles. The topological polar surface area (TPSA) is 146 Å². The molecule has 0 heterocycles. The SMILES string of the molecule is N/C(=N\[N+](=O)[O-])N/N=C\c1ccc(O)cc1O. The van der Waals surface area contributed by atoms with E-state index >= 15 is 0 Å². The number of hydrogen-bond acceptors (Lipinski definition) is 5. The predicted octanol–water partition coefficient (Wildman–Crippen LogP) is -0.472. The molecule has 0 unspecified atom stereocenters. The first kappa shape index (κ1) is 12.2. The molecule has 5 N–H and O–H groups in total. The van der Waals surface area contributed by atoms with Crippen LogP contribution in [0.2, 0.25) is 0 Å². The highest BCUT2D eigenvalue weighted by Crippen LogP contribution is 2.20. The minimum atomic E-state index is -0.976. The molecule has 0 fully saturated rings. The number of aromatic hydroxyl groups is 2. The summed E-state index contributed by atoms with van der Waals surface area (Å²) in [6, 6.07) is 3.86. The zero-order valence-corrected chi connectivity index (χ0v) is 8.44. The van der Waals surface area contributed by atoms with Crippen molar-refractivity contribution in [2.24, 2.45) is 15.9 Å². The molecule has 9 heteroatoms. The molecular weight excluding hydrogens is 230 g/mol. The van der Waals surface area contributed by atoms with Crippen LogP contribution in [0.5, 0.6) is 11.5 Å². The summed E-state index contributed by atoms with van der Waals surface area (Å²) >= 11 is 0. The Morgan fingerprint density at radius 3 is 2.82 bits per heavy atom. The third-order valence-corrected chi connectivity index (χ3v) is 1.59. The zero-order valence-electron chi connectivity index (χ0n) is 8.44. The van der Waals surface area contributed by atoms with Crippen molar-refractivity contribution in [2.75, 3.05) is 0 Å². The lowest BCUT2D eigenvalue weighted by Crippen LogP contribution is -2.28. The van der Waals surface area contributed by atoms with Crippen molar-refractivity contribution >= 4 is 12.2 Å². The van der Waals surface area contributed by atoms with Gasteiger partial charge in [0.15, 0.2) is 5.03 Å². The number of phenolic OH excluding ortho intramolecular Hbond substituents is 2. The molecule has 90 valence electrons. The highest BCUT2D eigenvalue weighted by Gasteiger charge is 1.99. The molecule has 1 aromatic rings. The third kappa shape index (κ3) is 4.03. The van der Waals surface area contributed by atoms with Gasteiger partial charge in [-0.2, -0.15) is 5.10 Å². The highest BCUT2D eigenvalue weighted by molar-refractivity contribution is 5.85. The number of nitrogens with two attached hydrogens (primary N) is 1. The quantitative estimate of drug-likeness (QED) is 0.242. The second-order valence-electron chi connectivity index (χ2n) is 2.84. The Hall–Kier alpha value is -2.84. The second kappa shape index (κ2) is 5.30. The summed E-state index contributed by atoms with van der Waals surface area (Å²) in [6.45, 7) is 0. The number of benzene rings is 1. The van der Waals surface area contributed by atoms with E-state index in [1.807, 2.05) is 0 Å². The number of hydrazone groups is 2. The van der Waals surface area contributed by atoms with E-state index in [1.165, 1.54) is 12.1 Å². The van der Waals surface area contributed by atoms with Gasteiger partial charge in [0.2, 0.25) is 0 Å². The Morgan fingerprint density at radius 2 is 2.24 bits per heavy atom. The highest BCUT2D eigenvalue weighted by atomic mass is 16.7. The maximum absolute atomic E-state index is 9.91. The lowest BCUT2D eigenvalue weighted by atomic mass is 10.2. The number of hydrogen-bond donors (Lipinski definition) is 4. The van der Waals surface area contributed by atoms with E-state index in [9.17, 15) is 15.2 Å². The number of nitrogens with zero attached hydrogens (tertiary/aromatic N) is 3. The number of guanidine groups is 1. The van der Waals surface area contributed by atoms with Crippen molar-refractivity contribution in [3.05, 3.63) is 33.9 Å². The van der Waals surface area contributed by atoms with E-state index < -0.39 is 11.0 Å². The Balaban J connectivity index is 2.69. The molecule has 0 saturated carbocycles. The van der Waals surface area contributed by atoms with Crippen LogP contribution < -0.4 is 11.2 Å². The summed E-state index contributed by atoms with van der Waals surface area (Å²) in [5.41, 5.74) is 7.46. The van der Waals surface area contributed by atoms with Crippen LogP contribution in [-0.2, 0) is 0 Å². The molecule has 0 spiro atoms. The van der Waals surface area contributed by atoms with E-state index in [1.54, 1.807) is 0 Å². The molecule has 0 aromatic heterocycles. The van der Waals surface area contributed by atoms with Crippen LogP contribution >= 0.6 is 0 Å². The van der Waals surface area contributed by atoms with Crippen molar-refractivity contribution in [3.8, 4) is 11.5 Å². The molecule has 0 aliphatic heterocycles. The molecule has 0 aliphatic rings. The average Bonchev–Trinajstić information content (AvgIpc) is 2.20. The van der Waals surface area contributed by atoms with Gasteiger partial charge in [-0.05, 0) is 12.1 Å². The van der Waals surface area contributed by atoms with Crippen LogP contribution in [-0.4, -0.2) is 27.4 Å². The zero-order chi connectivity index (χ0) is 12.8. The Labute approximate surface area is 95.0 Å². The molecule has 0 amide bonds. The molecule has 0 saturated heterocycles. The Kier molecular flexibility index (Phi) is 3.81. The standard InChI is InChI=1S/C8H9N5O4/c9-8(12-13(16)17)11-10-4-5-1-2-6(14)3-7(5)15/h1-4,14-15H,(H3,9,11,12)/b10-4-. The third-order valence-electron chi connectivity index (χ3n) is 1.59. The fourth-order valence-electron chi connectivity index (χ4n) is 0.920. The molecule has 1 rings (SSSR count). The second-order valence-corrected chi connectivity index (χ2v) is 2.84. The van der Waals surface area contributed by atoms with Gasteiger partial charge in [-0.1, -0.05) is 0 Å². The minimum Gasteiger partial charge on any atom is -0.508 e. The van der Waals surface area contributed by atoms with E-state index in [0.29, 0.717) is 5.56 Å². The summed E-state index contributed by atoms with van der Waals surface area (Å²) in [6.07, 6.45) is 1.16. The maximum Gasteiger partial charge on any atom is 0.286 e. The molecule has 0 aliphatic carbocycles. The van der Waals surface area contributed by atoms with Crippen molar-refractivity contribution in [1.82, 2.24) is 5.43 Å². The summed E-state index contributed by atoms with van der Waals surface area (Å²) in [4.78, 5) is 9.91. The molecule has 0 atom stereocenters. The van der Waals surface area contributed by atoms with Crippen molar-refractivity contribution in [1.29, 1.82) is 0 Å². The first-order chi connectivity index (χ1) is 7.99. The van der Waals surface area contributed by atoms with Crippen LogP contribution in [0, 0.1) is 10.1 Å². The van der Waals surface area contributed by atoms with Gasteiger partial charge in [0.25, 0.3) is 5.96 Å². The fourth-order valence-corrected chi connectivity index (χ4v) is 0.920. The van der Waals surface area contributed by atoms with E-state index in [-0.39, 0.29) is 11.5 Å². The van der Waals surface area contributed by atoms with Gasteiger partial charge in [0.1, 0.15) is 16.6 Å². The lowest BCUT2D eigenvalue weighted by Gasteiger charge is -1.99. The van der Waals surface area contributed by atoms with Gasteiger partial charge >= 0.3 is 0 Å². The van der Waals surface area contributed by atoms with E-state index in [4.69, 9.17) is 10.8 Å². The molecule has 0 bridgehead atoms. The monoisotopic (exact) mass is 239 g/mol. The van der Waals surface area contributed by atoms with Gasteiger partial charge < -0.3 is 15.9 Å². The predicted molar refractivity (Wildman–Crippen MR) is 59.1 cm³/mol. The maximum atomic E-state index is 9.91. The van der Waals surface area contributed by atoms with Crippen LogP contribution in [0.15, 0.2) is 28.4 Å². The lowest BCUT2D eigenvalue weighted by molar-refractivity contribution is -0.485. The van der Waals surface area contributed by atoms with Crippen LogP contribution in [0.4, 0.5) is 0 Å². The smallest absolute Gasteiger partial charge is 0.286 e. The van der Waals surface area contributed by atoms with Gasteiger partial charge in [0, 0.05) is 11.6 Å². The largest absolute Gasteiger partial charge is 0.508 e. The van der Waals surface area contributed by atoms with Crippen LogP contribution in [0.25, 0.3) is 0 Å². The Bertz CT molecular complexity index is 485. The summed E-state index contributed by atoms with van der Waals surface area (Å²) in [5, 5.41) is 33.5. The molecular formula is C8H9N5O4. The summed E-state index contributed by atoms with van der Waals surface area (Å²) < 4.78 is 0. The first-order valence-electron chi connectivity index (χ1n) is 4.28. The van der Waals surface area contributed by atoms with Crippen molar-refractivity contribution in [2.45, 2.75) is 0 Å². The summed E-state index contributed by atoms with van der Waals surface area (Å²) in [5.74, 6) is -0.785. The van der Waals surface area contributed by atoms with Crippen LogP contribution in [0.3, 0.4) is 0 Å². The van der Waals surface area contributed by atoms with Crippen molar-refractivity contribution < 1.29 is 15.2 Å². The number of rotatable bonds is 3. The average molecular weight is 239 g/mol. The van der Waals surface area contributed by atoms with E-state index in [2.05, 4.69) is 15.6 Å². The van der Waals surface area contributed by atoms with Gasteiger partial charge in [-0.3, -0.25) is 0 Å². The van der Waals surface area contributed by atoms with Gasteiger partial charge in [-0.25, -0.2) is 15.5 Å². The number of phenols is 2. The normalized spacial score (nSPS) is 11.6. The number of nitrogens with one attached hydrogen (secondary N) is 1. The van der Waals surface area contributed by atoms with Gasteiger partial charge in [-0.15, -0.1) is 0 Å². The molecule has 17 heavy (non-hydrogen) atoms. The fraction of sp³-hybridized carbons (Fsp3) is 0. The molecule has 0 radical (unpaired) electrons. The van der Waals surface area contributed by atoms with Crippen LogP contribution in [0.1, 0.15) is 5.56 Å². The van der Waals surface area contributed by atoms with Gasteiger partial charge in [0.05, 0.1) is 6.21 Å². The first-order valence-corrected chi connectivity index (χ1v) is 4.28. The van der Waals surface area contributed by atoms with Crippen molar-refractivity contribution in [3.63, 3.8) is 0 Å².